The van der Waals surface area contributed by atoms with E-state index >= 15 is 0 Å². The molecule has 0 bridgehead atoms. The number of rotatable bonds is 3. The number of nitrogens with zero attached hydrogens (tertiary/aromatic N) is 2. The van der Waals surface area contributed by atoms with E-state index in [1.165, 1.54) is 0 Å². The van der Waals surface area contributed by atoms with Crippen LogP contribution in [0.2, 0.25) is 0 Å². The van der Waals surface area contributed by atoms with Gasteiger partial charge in [0, 0.05) is 11.0 Å². The zero-order valence-electron chi connectivity index (χ0n) is 13.0. The average Bonchev–Trinajstić information content (AvgIpc) is 2.67. The van der Waals surface area contributed by atoms with Crippen molar-refractivity contribution in [1.82, 2.24) is 9.78 Å². The molecule has 0 aliphatic heterocycles. The minimum absolute atomic E-state index is 0.0816. The molecule has 3 heteroatoms. The molecule has 20 heavy (non-hydrogen) atoms. The first-order valence-electron chi connectivity index (χ1n) is 7.17. The molecule has 1 aromatic carbocycles. The van der Waals surface area contributed by atoms with Crippen molar-refractivity contribution >= 4 is 0 Å². The summed E-state index contributed by atoms with van der Waals surface area (Å²) < 4.78 is 1.65. The number of para-hydroxylation sites is 1. The van der Waals surface area contributed by atoms with E-state index in [2.05, 4.69) is 39.7 Å². The molecule has 0 fully saturated rings. The van der Waals surface area contributed by atoms with Gasteiger partial charge in [-0.15, -0.1) is 0 Å². The van der Waals surface area contributed by atoms with Gasteiger partial charge >= 0.3 is 0 Å². The Kier molecular flexibility index (Phi) is 3.89. The van der Waals surface area contributed by atoms with Gasteiger partial charge in [0.1, 0.15) is 0 Å². The highest BCUT2D eigenvalue weighted by atomic mass is 16.3. The van der Waals surface area contributed by atoms with Crippen molar-refractivity contribution in [2.75, 3.05) is 0 Å². The zero-order valence-corrected chi connectivity index (χ0v) is 13.0. The summed E-state index contributed by atoms with van der Waals surface area (Å²) in [5.74, 6) is 0.755. The number of aromatic nitrogens is 2. The molecule has 0 amide bonds. The lowest BCUT2D eigenvalue weighted by Crippen LogP contribution is -2.15. The van der Waals surface area contributed by atoms with Crippen LogP contribution in [0.25, 0.3) is 5.69 Å². The van der Waals surface area contributed by atoms with Crippen molar-refractivity contribution < 1.29 is 5.11 Å². The van der Waals surface area contributed by atoms with Gasteiger partial charge in [0.15, 0.2) is 0 Å². The van der Waals surface area contributed by atoms with Gasteiger partial charge in [-0.3, -0.25) is 0 Å². The summed E-state index contributed by atoms with van der Waals surface area (Å²) in [7, 11) is 0. The molecule has 0 radical (unpaired) electrons. The average molecular weight is 272 g/mol. The zero-order chi connectivity index (χ0) is 14.9. The van der Waals surface area contributed by atoms with Crippen molar-refractivity contribution in [1.29, 1.82) is 0 Å². The standard InChI is InChI=1S/C17H24N2O/c1-12(2)11-14-15(17(3,4)5)18-19(16(14)20)13-9-7-6-8-10-13/h6-10,12,20H,11H2,1-5H3. The van der Waals surface area contributed by atoms with Gasteiger partial charge in [0.2, 0.25) is 5.88 Å². The minimum atomic E-state index is -0.0816. The third-order valence-corrected chi connectivity index (χ3v) is 3.28. The molecule has 0 atom stereocenters. The maximum atomic E-state index is 10.6. The van der Waals surface area contributed by atoms with Crippen LogP contribution >= 0.6 is 0 Å². The van der Waals surface area contributed by atoms with E-state index in [0.29, 0.717) is 5.92 Å². The Labute approximate surface area is 121 Å². The van der Waals surface area contributed by atoms with E-state index < -0.39 is 0 Å². The summed E-state index contributed by atoms with van der Waals surface area (Å²) in [6, 6.07) is 9.78. The smallest absolute Gasteiger partial charge is 0.217 e. The molecule has 0 aliphatic carbocycles. The van der Waals surface area contributed by atoms with Crippen LogP contribution in [-0.2, 0) is 11.8 Å². The molecule has 1 aromatic heterocycles. The monoisotopic (exact) mass is 272 g/mol. The third kappa shape index (κ3) is 2.87. The normalized spacial score (nSPS) is 12.1. The predicted molar refractivity (Wildman–Crippen MR) is 82.5 cm³/mol. The van der Waals surface area contributed by atoms with Crippen LogP contribution in [0.5, 0.6) is 5.88 Å². The van der Waals surface area contributed by atoms with Crippen molar-refractivity contribution in [2.24, 2.45) is 5.92 Å². The van der Waals surface area contributed by atoms with E-state index in [0.717, 1.165) is 23.4 Å². The van der Waals surface area contributed by atoms with Crippen molar-refractivity contribution in [3.63, 3.8) is 0 Å². The van der Waals surface area contributed by atoms with E-state index in [1.807, 2.05) is 30.3 Å². The molecule has 0 saturated carbocycles. The fourth-order valence-electron chi connectivity index (χ4n) is 2.39. The summed E-state index contributed by atoms with van der Waals surface area (Å²) in [6.45, 7) is 10.7. The molecule has 108 valence electrons. The topological polar surface area (TPSA) is 38.0 Å². The quantitative estimate of drug-likeness (QED) is 0.914. The van der Waals surface area contributed by atoms with Gasteiger partial charge in [-0.25, -0.2) is 4.68 Å². The van der Waals surface area contributed by atoms with Crippen LogP contribution in [0.4, 0.5) is 0 Å². The maximum absolute atomic E-state index is 10.6. The predicted octanol–water partition coefficient (Wildman–Crippen LogP) is 4.07. The molecule has 2 aromatic rings. The van der Waals surface area contributed by atoms with E-state index in [9.17, 15) is 5.11 Å². The lowest BCUT2D eigenvalue weighted by Gasteiger charge is -2.18. The van der Waals surface area contributed by atoms with Crippen molar-refractivity contribution in [3.8, 4) is 11.6 Å². The van der Waals surface area contributed by atoms with Crippen molar-refractivity contribution in [2.45, 2.75) is 46.5 Å². The highest BCUT2D eigenvalue weighted by Crippen LogP contribution is 2.34. The van der Waals surface area contributed by atoms with Crippen LogP contribution in [0.3, 0.4) is 0 Å². The SMILES string of the molecule is CC(C)Cc1c(C(C)(C)C)nn(-c2ccccc2)c1O. The Morgan fingerprint density at radius 3 is 2.25 bits per heavy atom. The van der Waals surface area contributed by atoms with E-state index in [4.69, 9.17) is 0 Å². The number of aromatic hydroxyl groups is 1. The second-order valence-corrected chi connectivity index (χ2v) is 6.75. The van der Waals surface area contributed by atoms with Gasteiger partial charge < -0.3 is 5.11 Å². The Morgan fingerprint density at radius 1 is 1.15 bits per heavy atom. The van der Waals surface area contributed by atoms with Crippen LogP contribution in [0.15, 0.2) is 30.3 Å². The summed E-state index contributed by atoms with van der Waals surface area (Å²) >= 11 is 0. The van der Waals surface area contributed by atoms with E-state index in [1.54, 1.807) is 4.68 Å². The molecule has 3 nitrogen and oxygen atoms in total. The molecular weight excluding hydrogens is 248 g/mol. The second kappa shape index (κ2) is 5.31. The number of benzene rings is 1. The molecule has 0 spiro atoms. The largest absolute Gasteiger partial charge is 0.493 e. The summed E-state index contributed by atoms with van der Waals surface area (Å²) in [6.07, 6.45) is 0.839. The Balaban J connectivity index is 2.59. The minimum Gasteiger partial charge on any atom is -0.493 e. The number of hydrogen-bond acceptors (Lipinski definition) is 2. The third-order valence-electron chi connectivity index (χ3n) is 3.28. The van der Waals surface area contributed by atoms with E-state index in [-0.39, 0.29) is 11.3 Å². The number of hydrogen-bond donors (Lipinski definition) is 1. The highest BCUT2D eigenvalue weighted by molar-refractivity contribution is 5.42. The van der Waals surface area contributed by atoms with Crippen molar-refractivity contribution in [3.05, 3.63) is 41.6 Å². The summed E-state index contributed by atoms with van der Waals surface area (Å²) in [4.78, 5) is 0. The first-order valence-corrected chi connectivity index (χ1v) is 7.17. The fraction of sp³-hybridized carbons (Fsp3) is 0.471. The van der Waals surface area contributed by atoms with Crippen LogP contribution in [0.1, 0.15) is 45.9 Å². The van der Waals surface area contributed by atoms with Gasteiger partial charge in [-0.2, -0.15) is 5.10 Å². The van der Waals surface area contributed by atoms with Gasteiger partial charge in [-0.05, 0) is 24.5 Å². The molecule has 1 N–H and O–H groups in total. The highest BCUT2D eigenvalue weighted by Gasteiger charge is 2.27. The first kappa shape index (κ1) is 14.6. The summed E-state index contributed by atoms with van der Waals surface area (Å²) in [5, 5.41) is 15.2. The molecule has 0 saturated heterocycles. The second-order valence-electron chi connectivity index (χ2n) is 6.75. The van der Waals surface area contributed by atoms with Gasteiger partial charge in [-0.1, -0.05) is 52.8 Å². The molecule has 1 heterocycles. The van der Waals surface area contributed by atoms with Gasteiger partial charge in [0.25, 0.3) is 0 Å². The summed E-state index contributed by atoms with van der Waals surface area (Å²) in [5.41, 5.74) is 2.76. The van der Waals surface area contributed by atoms with Gasteiger partial charge in [0.05, 0.1) is 11.4 Å². The first-order chi connectivity index (χ1) is 9.30. The fourth-order valence-corrected chi connectivity index (χ4v) is 2.39. The lowest BCUT2D eigenvalue weighted by molar-refractivity contribution is 0.424. The Morgan fingerprint density at radius 2 is 1.75 bits per heavy atom. The lowest BCUT2D eigenvalue weighted by atomic mass is 9.87. The van der Waals surface area contributed by atoms with Crippen LogP contribution < -0.4 is 0 Å². The molecule has 0 aliphatic rings. The maximum Gasteiger partial charge on any atom is 0.217 e. The Bertz CT molecular complexity index is 577. The molecular formula is C17H24N2O. The Hall–Kier alpha value is -1.77. The molecule has 0 unspecified atom stereocenters. The van der Waals surface area contributed by atoms with Crippen LogP contribution in [-0.4, -0.2) is 14.9 Å². The molecule has 2 rings (SSSR count). The van der Waals surface area contributed by atoms with Crippen LogP contribution in [0, 0.1) is 5.92 Å².